The molecule has 1 aromatic carbocycles. The fraction of sp³-hybridized carbons (Fsp3) is 0.304. The van der Waals surface area contributed by atoms with Crippen LogP contribution in [0, 0.1) is 11.3 Å². The average molecular weight is 467 g/mol. The minimum atomic E-state index is -1.34. The van der Waals surface area contributed by atoms with Gasteiger partial charge in [-0.2, -0.15) is 5.26 Å². The van der Waals surface area contributed by atoms with Crippen molar-refractivity contribution in [3.63, 3.8) is 0 Å². The number of amides is 1. The number of aromatic amines is 1. The average Bonchev–Trinajstić information content (AvgIpc) is 3.47. The number of aliphatic hydroxyl groups is 1. The number of hydrogen-bond donors (Lipinski definition) is 2. The Labute approximate surface area is 192 Å². The smallest absolute Gasteiger partial charge is 0.256 e. The van der Waals surface area contributed by atoms with Crippen molar-refractivity contribution in [3.8, 4) is 6.07 Å². The molecule has 1 saturated carbocycles. The van der Waals surface area contributed by atoms with Crippen LogP contribution in [-0.2, 0) is 23.2 Å². The largest absolute Gasteiger partial charge is 0.378 e. The van der Waals surface area contributed by atoms with Crippen molar-refractivity contribution in [2.45, 2.75) is 37.3 Å². The second kappa shape index (κ2) is 7.85. The highest BCUT2D eigenvalue weighted by atomic mass is 35.5. The lowest BCUT2D eigenvalue weighted by molar-refractivity contribution is -0.141. The monoisotopic (exact) mass is 466 g/mol. The summed E-state index contributed by atoms with van der Waals surface area (Å²) in [5, 5.41) is 21.9. The van der Waals surface area contributed by atoms with Crippen molar-refractivity contribution >= 4 is 28.8 Å². The molecule has 2 aliphatic rings. The lowest BCUT2D eigenvalue weighted by Crippen LogP contribution is -2.42. The van der Waals surface area contributed by atoms with Crippen molar-refractivity contribution in [2.75, 3.05) is 6.54 Å². The number of carbonyl (C=O) groups excluding carboxylic acids is 1. The molecule has 1 aliphatic carbocycles. The Morgan fingerprint density at radius 2 is 2.19 bits per heavy atom. The van der Waals surface area contributed by atoms with E-state index in [-0.39, 0.29) is 17.5 Å². The molecule has 0 bridgehead atoms. The fourth-order valence-electron chi connectivity index (χ4n) is 4.20. The SMILES string of the molecule is N#Cc1csc(C2(c3nc4c(c(=O)[nH]3)CN(C(=O)[C@H](O)c3cccc(Cl)c3)CC4)CC2)c1. The first-order valence-corrected chi connectivity index (χ1v) is 11.5. The van der Waals surface area contributed by atoms with Gasteiger partial charge in [0.25, 0.3) is 11.5 Å². The molecule has 3 heterocycles. The summed E-state index contributed by atoms with van der Waals surface area (Å²) in [6.07, 6.45) is 0.835. The standard InChI is InChI=1S/C23H19ClN4O3S/c24-15-3-1-2-14(9-15)19(29)21(31)28-7-4-17-16(11-28)20(30)27-22(26-17)23(5-6-23)18-8-13(10-25)12-32-18/h1-3,8-9,12,19,29H,4-7,11H2,(H,26,27,30)/t19-/m1/s1. The minimum Gasteiger partial charge on any atom is -0.378 e. The predicted octanol–water partition coefficient (Wildman–Crippen LogP) is 3.05. The topological polar surface area (TPSA) is 110 Å². The van der Waals surface area contributed by atoms with Crippen LogP contribution in [0.2, 0.25) is 5.02 Å². The summed E-state index contributed by atoms with van der Waals surface area (Å²) in [5.41, 5.74) is 1.58. The number of benzene rings is 1. The summed E-state index contributed by atoms with van der Waals surface area (Å²) >= 11 is 7.49. The van der Waals surface area contributed by atoms with Gasteiger partial charge < -0.3 is 15.0 Å². The molecule has 32 heavy (non-hydrogen) atoms. The number of H-pyrrole nitrogens is 1. The molecule has 0 radical (unpaired) electrons. The van der Waals surface area contributed by atoms with E-state index in [4.69, 9.17) is 21.8 Å². The first kappa shape index (κ1) is 20.9. The van der Waals surface area contributed by atoms with Gasteiger partial charge >= 0.3 is 0 Å². The van der Waals surface area contributed by atoms with E-state index in [0.29, 0.717) is 46.2 Å². The van der Waals surface area contributed by atoms with Crippen LogP contribution in [0.25, 0.3) is 0 Å². The molecule has 9 heteroatoms. The highest BCUT2D eigenvalue weighted by Gasteiger charge is 2.50. The number of nitriles is 1. The third kappa shape index (κ3) is 3.52. The molecule has 0 spiro atoms. The molecule has 5 rings (SSSR count). The molecule has 1 atom stereocenters. The van der Waals surface area contributed by atoms with Gasteiger partial charge in [-0.1, -0.05) is 23.7 Å². The lowest BCUT2D eigenvalue weighted by atomic mass is 10.0. The maximum absolute atomic E-state index is 12.9. The van der Waals surface area contributed by atoms with Crippen LogP contribution in [0.15, 0.2) is 40.5 Å². The van der Waals surface area contributed by atoms with Gasteiger partial charge in [0.1, 0.15) is 11.9 Å². The minimum absolute atomic E-state index is 0.0962. The summed E-state index contributed by atoms with van der Waals surface area (Å²) < 4.78 is 0. The first-order chi connectivity index (χ1) is 15.4. The summed E-state index contributed by atoms with van der Waals surface area (Å²) in [6.45, 7) is 0.461. The number of rotatable bonds is 4. The molecule has 0 saturated heterocycles. The Morgan fingerprint density at radius 3 is 2.88 bits per heavy atom. The second-order valence-electron chi connectivity index (χ2n) is 8.20. The summed E-state index contributed by atoms with van der Waals surface area (Å²) in [6, 6.07) is 10.6. The van der Waals surface area contributed by atoms with Gasteiger partial charge in [0.2, 0.25) is 0 Å². The lowest BCUT2D eigenvalue weighted by Gasteiger charge is -2.30. The normalized spacial score (nSPS) is 17.3. The number of thiophene rings is 1. The van der Waals surface area contributed by atoms with Crippen molar-refractivity contribution in [3.05, 3.63) is 84.2 Å². The van der Waals surface area contributed by atoms with E-state index in [9.17, 15) is 14.7 Å². The van der Waals surface area contributed by atoms with Gasteiger partial charge in [-0.15, -0.1) is 11.3 Å². The third-order valence-corrected chi connectivity index (χ3v) is 7.55. The molecule has 1 fully saturated rings. The van der Waals surface area contributed by atoms with Crippen molar-refractivity contribution in [1.82, 2.24) is 14.9 Å². The van der Waals surface area contributed by atoms with Crippen LogP contribution >= 0.6 is 22.9 Å². The predicted molar refractivity (Wildman–Crippen MR) is 119 cm³/mol. The summed E-state index contributed by atoms with van der Waals surface area (Å²) in [5.74, 6) is 0.161. The van der Waals surface area contributed by atoms with E-state index in [1.165, 1.54) is 16.2 Å². The Kier molecular flexibility index (Phi) is 5.13. The van der Waals surface area contributed by atoms with E-state index in [0.717, 1.165) is 17.7 Å². The van der Waals surface area contributed by atoms with Crippen LogP contribution in [-0.4, -0.2) is 32.4 Å². The van der Waals surface area contributed by atoms with Gasteiger partial charge in [0.15, 0.2) is 6.10 Å². The molecule has 162 valence electrons. The van der Waals surface area contributed by atoms with E-state index in [1.54, 1.807) is 24.3 Å². The van der Waals surface area contributed by atoms with E-state index in [1.807, 2.05) is 11.4 Å². The number of hydrogen-bond acceptors (Lipinski definition) is 6. The van der Waals surface area contributed by atoms with Crippen LogP contribution in [0.3, 0.4) is 0 Å². The number of aliphatic hydroxyl groups excluding tert-OH is 1. The van der Waals surface area contributed by atoms with E-state index >= 15 is 0 Å². The molecular formula is C23H19ClN4O3S. The van der Waals surface area contributed by atoms with Crippen LogP contribution in [0.4, 0.5) is 0 Å². The summed E-state index contributed by atoms with van der Waals surface area (Å²) in [4.78, 5) is 36.0. The zero-order valence-electron chi connectivity index (χ0n) is 17.0. The number of aromatic nitrogens is 2. The highest BCUT2D eigenvalue weighted by Crippen LogP contribution is 2.54. The Hall–Kier alpha value is -2.99. The Bertz CT molecular complexity index is 1320. The molecular weight excluding hydrogens is 448 g/mol. The Morgan fingerprint density at radius 1 is 1.38 bits per heavy atom. The first-order valence-electron chi connectivity index (χ1n) is 10.3. The molecule has 7 nitrogen and oxygen atoms in total. The van der Waals surface area contributed by atoms with Gasteiger partial charge in [-0.25, -0.2) is 4.98 Å². The van der Waals surface area contributed by atoms with Crippen molar-refractivity contribution in [2.24, 2.45) is 0 Å². The number of nitrogens with one attached hydrogen (secondary N) is 1. The molecule has 3 aromatic rings. The van der Waals surface area contributed by atoms with Crippen molar-refractivity contribution in [1.29, 1.82) is 5.26 Å². The third-order valence-electron chi connectivity index (χ3n) is 6.18. The van der Waals surface area contributed by atoms with Crippen LogP contribution in [0.1, 0.15) is 52.0 Å². The molecule has 1 amide bonds. The van der Waals surface area contributed by atoms with E-state index < -0.39 is 12.0 Å². The zero-order valence-corrected chi connectivity index (χ0v) is 18.5. The molecule has 2 aromatic heterocycles. The molecule has 1 aliphatic heterocycles. The molecule has 2 N–H and O–H groups in total. The molecule has 0 unspecified atom stereocenters. The number of nitrogens with zero attached hydrogens (tertiary/aromatic N) is 3. The van der Waals surface area contributed by atoms with Gasteiger partial charge in [-0.05, 0) is 36.6 Å². The summed E-state index contributed by atoms with van der Waals surface area (Å²) in [7, 11) is 0. The second-order valence-corrected chi connectivity index (χ2v) is 9.55. The maximum atomic E-state index is 12.9. The quantitative estimate of drug-likeness (QED) is 0.614. The van der Waals surface area contributed by atoms with Crippen LogP contribution < -0.4 is 5.56 Å². The zero-order chi connectivity index (χ0) is 22.5. The number of fused-ring (bicyclic) bond motifs is 1. The Balaban J connectivity index is 1.40. The van der Waals surface area contributed by atoms with Gasteiger partial charge in [0.05, 0.1) is 28.8 Å². The maximum Gasteiger partial charge on any atom is 0.256 e. The van der Waals surface area contributed by atoms with Crippen molar-refractivity contribution < 1.29 is 9.90 Å². The number of carbonyl (C=O) groups is 1. The van der Waals surface area contributed by atoms with Gasteiger partial charge in [0, 0.05) is 28.2 Å². The van der Waals surface area contributed by atoms with Crippen LogP contribution in [0.5, 0.6) is 0 Å². The van der Waals surface area contributed by atoms with Gasteiger partial charge in [-0.3, -0.25) is 9.59 Å². The highest BCUT2D eigenvalue weighted by molar-refractivity contribution is 7.10. The van der Waals surface area contributed by atoms with E-state index in [2.05, 4.69) is 11.1 Å². The number of halogens is 1. The fourth-order valence-corrected chi connectivity index (χ4v) is 5.50.